The first-order valence-electron chi connectivity index (χ1n) is 7.75. The Hall–Kier alpha value is -2.53. The van der Waals surface area contributed by atoms with E-state index in [4.69, 9.17) is 0 Å². The molecule has 3 rings (SSSR count). The lowest BCUT2D eigenvalue weighted by atomic mass is 10.1. The molecule has 0 aliphatic rings. The van der Waals surface area contributed by atoms with Gasteiger partial charge in [0.25, 0.3) is 0 Å². The molecule has 0 fully saturated rings. The summed E-state index contributed by atoms with van der Waals surface area (Å²) in [6.45, 7) is 2.76. The number of hydrogen-bond acceptors (Lipinski definition) is 3. The topological polar surface area (TPSA) is 46.9 Å². The highest BCUT2D eigenvalue weighted by atomic mass is 32.2. The van der Waals surface area contributed by atoms with E-state index in [0.717, 1.165) is 10.6 Å². The van der Waals surface area contributed by atoms with Crippen LogP contribution in [0.3, 0.4) is 0 Å². The molecule has 0 saturated carbocycles. The van der Waals surface area contributed by atoms with Gasteiger partial charge in [-0.05, 0) is 24.6 Å². The molecule has 0 radical (unpaired) electrons. The maximum absolute atomic E-state index is 12.0. The van der Waals surface area contributed by atoms with Crippen molar-refractivity contribution in [1.82, 2.24) is 9.78 Å². The first-order chi connectivity index (χ1) is 11.7. The molecule has 3 aromatic rings. The van der Waals surface area contributed by atoms with Gasteiger partial charge in [0.1, 0.15) is 0 Å². The molecule has 0 unspecified atom stereocenters. The number of aryl methyl sites for hydroxylation is 1. The molecule has 0 bridgehead atoms. The van der Waals surface area contributed by atoms with Crippen molar-refractivity contribution in [2.24, 2.45) is 0 Å². The first kappa shape index (κ1) is 16.3. The Morgan fingerprint density at radius 3 is 2.62 bits per heavy atom. The van der Waals surface area contributed by atoms with E-state index in [2.05, 4.69) is 41.6 Å². The lowest BCUT2D eigenvalue weighted by Crippen LogP contribution is -2.13. The molecule has 0 spiro atoms. The van der Waals surface area contributed by atoms with Crippen LogP contribution in [0, 0.1) is 6.92 Å². The number of nitrogens with one attached hydrogen (secondary N) is 1. The number of rotatable bonds is 6. The van der Waals surface area contributed by atoms with Gasteiger partial charge in [-0.3, -0.25) is 9.48 Å². The molecule has 0 atom stereocenters. The molecule has 1 amide bonds. The Labute approximate surface area is 145 Å². The van der Waals surface area contributed by atoms with Crippen molar-refractivity contribution < 1.29 is 4.79 Å². The number of hydrogen-bond donors (Lipinski definition) is 1. The average molecular weight is 337 g/mol. The number of amides is 1. The van der Waals surface area contributed by atoms with Crippen molar-refractivity contribution in [1.29, 1.82) is 0 Å². The van der Waals surface area contributed by atoms with Gasteiger partial charge in [-0.25, -0.2) is 0 Å². The highest BCUT2D eigenvalue weighted by Crippen LogP contribution is 2.17. The molecule has 1 heterocycles. The maximum Gasteiger partial charge on any atom is 0.234 e. The van der Waals surface area contributed by atoms with Crippen molar-refractivity contribution in [3.8, 4) is 0 Å². The smallest absolute Gasteiger partial charge is 0.234 e. The van der Waals surface area contributed by atoms with E-state index >= 15 is 0 Å². The van der Waals surface area contributed by atoms with E-state index in [0.29, 0.717) is 12.3 Å². The fraction of sp³-hybridized carbons (Fsp3) is 0.158. The van der Waals surface area contributed by atoms with Crippen LogP contribution in [0.1, 0.15) is 11.1 Å². The second-order valence-corrected chi connectivity index (χ2v) is 6.61. The zero-order valence-electron chi connectivity index (χ0n) is 13.5. The largest absolute Gasteiger partial charge is 0.323 e. The average Bonchev–Trinajstić information content (AvgIpc) is 3.03. The lowest BCUT2D eigenvalue weighted by Gasteiger charge is -2.03. The van der Waals surface area contributed by atoms with Gasteiger partial charge in [0.05, 0.1) is 24.2 Å². The normalized spacial score (nSPS) is 10.5. The SMILES string of the molecule is Cc1ccc(Cn2cc(NC(=O)CSc3ccccc3)cn2)cc1. The minimum Gasteiger partial charge on any atom is -0.323 e. The van der Waals surface area contributed by atoms with E-state index in [-0.39, 0.29) is 5.91 Å². The van der Waals surface area contributed by atoms with Crippen LogP contribution in [-0.4, -0.2) is 21.4 Å². The van der Waals surface area contributed by atoms with E-state index in [9.17, 15) is 4.79 Å². The lowest BCUT2D eigenvalue weighted by molar-refractivity contribution is -0.113. The van der Waals surface area contributed by atoms with Crippen LogP contribution in [-0.2, 0) is 11.3 Å². The molecule has 0 saturated heterocycles. The van der Waals surface area contributed by atoms with Gasteiger partial charge in [0.15, 0.2) is 0 Å². The van der Waals surface area contributed by atoms with Crippen LogP contribution >= 0.6 is 11.8 Å². The third kappa shape index (κ3) is 4.73. The summed E-state index contributed by atoms with van der Waals surface area (Å²) >= 11 is 1.52. The quantitative estimate of drug-likeness (QED) is 0.692. The molecule has 5 heteroatoms. The number of thioether (sulfide) groups is 1. The van der Waals surface area contributed by atoms with Crippen LogP contribution in [0.25, 0.3) is 0 Å². The fourth-order valence-electron chi connectivity index (χ4n) is 2.26. The summed E-state index contributed by atoms with van der Waals surface area (Å²) in [4.78, 5) is 13.1. The monoisotopic (exact) mass is 337 g/mol. The minimum absolute atomic E-state index is 0.0289. The van der Waals surface area contributed by atoms with E-state index in [1.54, 1.807) is 6.20 Å². The number of carbonyl (C=O) groups excluding carboxylic acids is 1. The highest BCUT2D eigenvalue weighted by Gasteiger charge is 2.06. The van der Waals surface area contributed by atoms with Crippen LogP contribution in [0.15, 0.2) is 71.9 Å². The molecule has 0 aliphatic carbocycles. The second-order valence-electron chi connectivity index (χ2n) is 5.56. The summed E-state index contributed by atoms with van der Waals surface area (Å²) in [7, 11) is 0. The maximum atomic E-state index is 12.0. The molecule has 1 N–H and O–H groups in total. The van der Waals surface area contributed by atoms with Crippen LogP contribution in [0.2, 0.25) is 0 Å². The molecule has 122 valence electrons. The van der Waals surface area contributed by atoms with Crippen LogP contribution < -0.4 is 5.32 Å². The summed E-state index contributed by atoms with van der Waals surface area (Å²) < 4.78 is 1.82. The predicted molar refractivity (Wildman–Crippen MR) is 98.3 cm³/mol. The van der Waals surface area contributed by atoms with E-state index in [1.165, 1.54) is 22.9 Å². The Morgan fingerprint density at radius 1 is 1.12 bits per heavy atom. The number of aromatic nitrogens is 2. The van der Waals surface area contributed by atoms with Crippen LogP contribution in [0.5, 0.6) is 0 Å². The zero-order valence-corrected chi connectivity index (χ0v) is 14.3. The summed E-state index contributed by atoms with van der Waals surface area (Å²) in [5, 5.41) is 7.18. The van der Waals surface area contributed by atoms with Gasteiger partial charge in [-0.1, -0.05) is 48.0 Å². The van der Waals surface area contributed by atoms with Gasteiger partial charge in [0.2, 0.25) is 5.91 Å². The molecule has 2 aromatic carbocycles. The molecule has 0 aliphatic heterocycles. The van der Waals surface area contributed by atoms with Crippen molar-refractivity contribution >= 4 is 23.4 Å². The third-order valence-corrected chi connectivity index (χ3v) is 4.51. The highest BCUT2D eigenvalue weighted by molar-refractivity contribution is 8.00. The molecular weight excluding hydrogens is 318 g/mol. The number of nitrogens with zero attached hydrogens (tertiary/aromatic N) is 2. The van der Waals surface area contributed by atoms with E-state index < -0.39 is 0 Å². The van der Waals surface area contributed by atoms with Crippen molar-refractivity contribution in [2.45, 2.75) is 18.4 Å². The van der Waals surface area contributed by atoms with Crippen molar-refractivity contribution in [3.63, 3.8) is 0 Å². The standard InChI is InChI=1S/C19H19N3OS/c1-15-7-9-16(10-8-15)12-22-13-17(11-20-22)21-19(23)14-24-18-5-3-2-4-6-18/h2-11,13H,12,14H2,1H3,(H,21,23). The summed E-state index contributed by atoms with van der Waals surface area (Å²) in [6, 6.07) is 18.2. The van der Waals surface area contributed by atoms with Gasteiger partial charge < -0.3 is 5.32 Å². The van der Waals surface area contributed by atoms with E-state index in [1.807, 2.05) is 41.2 Å². The van der Waals surface area contributed by atoms with Gasteiger partial charge >= 0.3 is 0 Å². The minimum atomic E-state index is -0.0289. The van der Waals surface area contributed by atoms with Gasteiger partial charge in [-0.15, -0.1) is 11.8 Å². The third-order valence-electron chi connectivity index (χ3n) is 3.50. The number of anilines is 1. The van der Waals surface area contributed by atoms with Crippen molar-refractivity contribution in [2.75, 3.05) is 11.1 Å². The van der Waals surface area contributed by atoms with Gasteiger partial charge in [0, 0.05) is 11.1 Å². The second kappa shape index (κ2) is 7.84. The summed E-state index contributed by atoms with van der Waals surface area (Å²) in [5.74, 6) is 0.353. The van der Waals surface area contributed by atoms with Gasteiger partial charge in [-0.2, -0.15) is 5.10 Å². The molecule has 4 nitrogen and oxygen atoms in total. The summed E-state index contributed by atoms with van der Waals surface area (Å²) in [6.07, 6.45) is 3.53. The molecule has 24 heavy (non-hydrogen) atoms. The Bertz CT molecular complexity index is 797. The number of carbonyl (C=O) groups is 1. The zero-order chi connectivity index (χ0) is 16.8. The predicted octanol–water partition coefficient (Wildman–Crippen LogP) is 3.97. The summed E-state index contributed by atoms with van der Waals surface area (Å²) in [5.41, 5.74) is 3.14. The van der Waals surface area contributed by atoms with Crippen molar-refractivity contribution in [3.05, 3.63) is 78.1 Å². The van der Waals surface area contributed by atoms with Crippen LogP contribution in [0.4, 0.5) is 5.69 Å². The Morgan fingerprint density at radius 2 is 1.88 bits per heavy atom. The Balaban J connectivity index is 1.51. The Kier molecular flexibility index (Phi) is 5.33. The first-order valence-corrected chi connectivity index (χ1v) is 8.73. The number of benzene rings is 2. The molecular formula is C19H19N3OS. The fourth-order valence-corrected chi connectivity index (χ4v) is 2.98. The molecule has 1 aromatic heterocycles.